The number of carbonyl (C=O) groups is 2. The molecule has 1 aromatic carbocycles. The molecule has 5 heteroatoms. The van der Waals surface area contributed by atoms with Crippen molar-refractivity contribution in [3.63, 3.8) is 0 Å². The summed E-state index contributed by atoms with van der Waals surface area (Å²) in [6.45, 7) is 8.65. The van der Waals surface area contributed by atoms with E-state index in [-0.39, 0.29) is 11.8 Å². The van der Waals surface area contributed by atoms with E-state index in [4.69, 9.17) is 0 Å². The predicted octanol–water partition coefficient (Wildman–Crippen LogP) is 1.93. The molecule has 116 valence electrons. The number of nitrogens with one attached hydrogen (secondary N) is 3. The minimum absolute atomic E-state index is 0.0954. The Morgan fingerprint density at radius 2 is 1.90 bits per heavy atom. The zero-order valence-corrected chi connectivity index (χ0v) is 13.5. The van der Waals surface area contributed by atoms with Crippen LogP contribution >= 0.6 is 0 Å². The maximum absolute atomic E-state index is 12.2. The molecule has 0 aromatic heterocycles. The smallest absolute Gasteiger partial charge is 0.251 e. The highest BCUT2D eigenvalue weighted by Crippen LogP contribution is 2.17. The molecule has 0 aliphatic carbocycles. The standard InChI is InChI=1S/C16H25N3O2/c1-6-18-12-7-8-13(11(2)9-12)14(20)19-10-16(3,4)15(21)17-5/h7-9,18H,6,10H2,1-5H3,(H,17,21)(H,19,20). The lowest BCUT2D eigenvalue weighted by Gasteiger charge is -2.23. The molecule has 0 heterocycles. The number of hydrogen-bond acceptors (Lipinski definition) is 3. The van der Waals surface area contributed by atoms with Crippen LogP contribution in [-0.2, 0) is 4.79 Å². The maximum atomic E-state index is 12.2. The van der Waals surface area contributed by atoms with Crippen molar-refractivity contribution < 1.29 is 9.59 Å². The Morgan fingerprint density at radius 3 is 2.43 bits per heavy atom. The van der Waals surface area contributed by atoms with E-state index < -0.39 is 5.41 Å². The van der Waals surface area contributed by atoms with Gasteiger partial charge in [0.15, 0.2) is 0 Å². The van der Waals surface area contributed by atoms with Gasteiger partial charge in [-0.1, -0.05) is 0 Å². The van der Waals surface area contributed by atoms with Crippen LogP contribution in [0.2, 0.25) is 0 Å². The monoisotopic (exact) mass is 291 g/mol. The van der Waals surface area contributed by atoms with Crippen molar-refractivity contribution in [3.8, 4) is 0 Å². The molecule has 0 aliphatic heterocycles. The molecule has 21 heavy (non-hydrogen) atoms. The normalized spacial score (nSPS) is 10.9. The number of amides is 2. The number of carbonyl (C=O) groups excluding carboxylic acids is 2. The fourth-order valence-corrected chi connectivity index (χ4v) is 2.05. The largest absolute Gasteiger partial charge is 0.385 e. The first kappa shape index (κ1) is 17.0. The topological polar surface area (TPSA) is 70.2 Å². The summed E-state index contributed by atoms with van der Waals surface area (Å²) >= 11 is 0. The van der Waals surface area contributed by atoms with Crippen LogP contribution in [0.25, 0.3) is 0 Å². The molecule has 0 atom stereocenters. The lowest BCUT2D eigenvalue weighted by Crippen LogP contribution is -2.43. The average Bonchev–Trinajstić information content (AvgIpc) is 2.44. The molecule has 0 saturated carbocycles. The highest BCUT2D eigenvalue weighted by atomic mass is 16.2. The van der Waals surface area contributed by atoms with Crippen LogP contribution in [-0.4, -0.2) is 32.0 Å². The molecule has 0 saturated heterocycles. The van der Waals surface area contributed by atoms with Gasteiger partial charge in [0.05, 0.1) is 5.41 Å². The third kappa shape index (κ3) is 4.48. The number of benzene rings is 1. The molecule has 0 bridgehead atoms. The fourth-order valence-electron chi connectivity index (χ4n) is 2.05. The van der Waals surface area contributed by atoms with E-state index in [1.807, 2.05) is 26.0 Å². The summed E-state index contributed by atoms with van der Waals surface area (Å²) in [5, 5.41) is 8.64. The molecule has 0 spiro atoms. The molecule has 5 nitrogen and oxygen atoms in total. The Morgan fingerprint density at radius 1 is 1.24 bits per heavy atom. The molecule has 1 aromatic rings. The Balaban J connectivity index is 2.74. The second kappa shape index (κ2) is 7.11. The Kier molecular flexibility index (Phi) is 5.76. The Bertz CT molecular complexity index is 524. The molecule has 1 rings (SSSR count). The number of hydrogen-bond donors (Lipinski definition) is 3. The molecule has 2 amide bonds. The van der Waals surface area contributed by atoms with Gasteiger partial charge in [0.2, 0.25) is 5.91 Å². The van der Waals surface area contributed by atoms with E-state index in [0.29, 0.717) is 12.1 Å². The van der Waals surface area contributed by atoms with E-state index in [2.05, 4.69) is 16.0 Å². The number of rotatable bonds is 6. The van der Waals surface area contributed by atoms with Gasteiger partial charge < -0.3 is 16.0 Å². The summed E-state index contributed by atoms with van der Waals surface area (Å²) in [7, 11) is 1.59. The van der Waals surface area contributed by atoms with Crippen LogP contribution in [0.4, 0.5) is 5.69 Å². The fraction of sp³-hybridized carbons (Fsp3) is 0.500. The maximum Gasteiger partial charge on any atom is 0.251 e. The molecular formula is C16H25N3O2. The summed E-state index contributed by atoms with van der Waals surface area (Å²) in [5.74, 6) is -0.255. The summed E-state index contributed by atoms with van der Waals surface area (Å²) in [6, 6.07) is 5.63. The van der Waals surface area contributed by atoms with Crippen molar-refractivity contribution >= 4 is 17.5 Å². The van der Waals surface area contributed by atoms with Crippen molar-refractivity contribution in [2.24, 2.45) is 5.41 Å². The van der Waals surface area contributed by atoms with Gasteiger partial charge in [0.25, 0.3) is 5.91 Å². The van der Waals surface area contributed by atoms with Crippen LogP contribution in [0.3, 0.4) is 0 Å². The zero-order valence-electron chi connectivity index (χ0n) is 13.5. The van der Waals surface area contributed by atoms with Gasteiger partial charge in [-0.05, 0) is 51.5 Å². The van der Waals surface area contributed by atoms with Crippen LogP contribution < -0.4 is 16.0 Å². The molecular weight excluding hydrogens is 266 g/mol. The lowest BCUT2D eigenvalue weighted by molar-refractivity contribution is -0.128. The summed E-state index contributed by atoms with van der Waals surface area (Å²) in [4.78, 5) is 23.9. The molecule has 0 radical (unpaired) electrons. The SMILES string of the molecule is CCNc1ccc(C(=O)NCC(C)(C)C(=O)NC)c(C)c1. The van der Waals surface area contributed by atoms with Crippen molar-refractivity contribution in [3.05, 3.63) is 29.3 Å². The average molecular weight is 291 g/mol. The predicted molar refractivity (Wildman–Crippen MR) is 85.5 cm³/mol. The number of aryl methyl sites for hydroxylation is 1. The third-order valence-corrected chi connectivity index (χ3v) is 3.38. The lowest BCUT2D eigenvalue weighted by atomic mass is 9.92. The second-order valence-corrected chi connectivity index (χ2v) is 5.71. The Hall–Kier alpha value is -2.04. The van der Waals surface area contributed by atoms with Gasteiger partial charge in [-0.2, -0.15) is 0 Å². The minimum atomic E-state index is -0.637. The second-order valence-electron chi connectivity index (χ2n) is 5.71. The quantitative estimate of drug-likeness (QED) is 0.750. The summed E-state index contributed by atoms with van der Waals surface area (Å²) in [6.07, 6.45) is 0. The molecule has 3 N–H and O–H groups in total. The van der Waals surface area contributed by atoms with Gasteiger partial charge in [-0.25, -0.2) is 0 Å². The molecule has 0 aliphatic rings. The Labute approximate surface area is 126 Å². The zero-order chi connectivity index (χ0) is 16.0. The summed E-state index contributed by atoms with van der Waals surface area (Å²) in [5.41, 5.74) is 1.90. The van der Waals surface area contributed by atoms with Crippen LogP contribution in [0.1, 0.15) is 36.7 Å². The number of anilines is 1. The van der Waals surface area contributed by atoms with Crippen molar-refractivity contribution in [1.82, 2.24) is 10.6 Å². The first-order valence-electron chi connectivity index (χ1n) is 7.16. The highest BCUT2D eigenvalue weighted by molar-refractivity contribution is 5.96. The van der Waals surface area contributed by atoms with Gasteiger partial charge in [-0.3, -0.25) is 9.59 Å². The third-order valence-electron chi connectivity index (χ3n) is 3.38. The highest BCUT2D eigenvalue weighted by Gasteiger charge is 2.27. The van der Waals surface area contributed by atoms with Gasteiger partial charge in [0, 0.05) is 31.4 Å². The van der Waals surface area contributed by atoms with Crippen molar-refractivity contribution in [2.45, 2.75) is 27.7 Å². The van der Waals surface area contributed by atoms with Crippen molar-refractivity contribution in [2.75, 3.05) is 25.5 Å². The van der Waals surface area contributed by atoms with E-state index in [0.717, 1.165) is 17.8 Å². The van der Waals surface area contributed by atoms with Crippen LogP contribution in [0, 0.1) is 12.3 Å². The first-order valence-corrected chi connectivity index (χ1v) is 7.16. The summed E-state index contributed by atoms with van der Waals surface area (Å²) < 4.78 is 0. The molecule has 0 fully saturated rings. The van der Waals surface area contributed by atoms with E-state index >= 15 is 0 Å². The molecule has 0 unspecified atom stereocenters. The van der Waals surface area contributed by atoms with Crippen LogP contribution in [0.15, 0.2) is 18.2 Å². The van der Waals surface area contributed by atoms with Crippen LogP contribution in [0.5, 0.6) is 0 Å². The van der Waals surface area contributed by atoms with E-state index in [1.165, 1.54) is 0 Å². The van der Waals surface area contributed by atoms with E-state index in [1.54, 1.807) is 27.0 Å². The van der Waals surface area contributed by atoms with Gasteiger partial charge in [0.1, 0.15) is 0 Å². The van der Waals surface area contributed by atoms with E-state index in [9.17, 15) is 9.59 Å². The van der Waals surface area contributed by atoms with Gasteiger partial charge in [-0.15, -0.1) is 0 Å². The van der Waals surface area contributed by atoms with Gasteiger partial charge >= 0.3 is 0 Å². The van der Waals surface area contributed by atoms with Crippen molar-refractivity contribution in [1.29, 1.82) is 0 Å². The minimum Gasteiger partial charge on any atom is -0.385 e. The first-order chi connectivity index (χ1) is 9.81.